The van der Waals surface area contributed by atoms with Crippen molar-refractivity contribution < 1.29 is 14.2 Å². The zero-order chi connectivity index (χ0) is 24.1. The summed E-state index contributed by atoms with van der Waals surface area (Å²) in [5, 5.41) is 9.89. The molecule has 0 spiro atoms. The largest absolute Gasteiger partial charge is 0.492 e. The first-order valence-electron chi connectivity index (χ1n) is 10.8. The minimum absolute atomic E-state index is 0.255. The number of halogens is 1. The van der Waals surface area contributed by atoms with Crippen LogP contribution in [-0.4, -0.2) is 59.0 Å². The Morgan fingerprint density at radius 3 is 2.73 bits per heavy atom. The number of pyridine rings is 1. The highest BCUT2D eigenvalue weighted by atomic mass is 19.1. The molecule has 0 amide bonds. The number of ether oxygens (including phenoxy) is 1. The number of aliphatic imine (C=N–C) groups is 1. The minimum Gasteiger partial charge on any atom is -0.492 e. The first kappa shape index (κ1) is 24.4. The van der Waals surface area contributed by atoms with Gasteiger partial charge >= 0.3 is 0 Å². The number of imidazole rings is 1. The van der Waals surface area contributed by atoms with Gasteiger partial charge in [0.25, 0.3) is 0 Å². The number of aliphatic hydroxyl groups is 1. The second-order valence-corrected chi connectivity index (χ2v) is 8.29. The van der Waals surface area contributed by atoms with Crippen LogP contribution in [0, 0.1) is 5.82 Å². The Hall–Kier alpha value is -3.23. The van der Waals surface area contributed by atoms with E-state index in [4.69, 9.17) is 10.5 Å². The van der Waals surface area contributed by atoms with Crippen LogP contribution in [0.4, 0.5) is 4.39 Å². The summed E-state index contributed by atoms with van der Waals surface area (Å²) < 4.78 is 22.1. The summed E-state index contributed by atoms with van der Waals surface area (Å²) in [6.45, 7) is 4.45. The highest BCUT2D eigenvalue weighted by Crippen LogP contribution is 2.32. The molecule has 1 aromatic carbocycles. The summed E-state index contributed by atoms with van der Waals surface area (Å²) in [6, 6.07) is 8.41. The first-order valence-corrected chi connectivity index (χ1v) is 10.8. The normalized spacial score (nSPS) is 14.0. The van der Waals surface area contributed by atoms with Crippen molar-refractivity contribution in [3.8, 4) is 16.9 Å². The Morgan fingerprint density at radius 2 is 2.06 bits per heavy atom. The van der Waals surface area contributed by atoms with E-state index in [2.05, 4.69) is 14.9 Å². The number of hydrogen-bond acceptors (Lipinski definition) is 6. The molecule has 2 aromatic heterocycles. The molecule has 0 radical (unpaired) electrons. The van der Waals surface area contributed by atoms with Gasteiger partial charge in [-0.05, 0) is 57.8 Å². The molecule has 176 valence electrons. The fourth-order valence-corrected chi connectivity index (χ4v) is 3.67. The van der Waals surface area contributed by atoms with Crippen LogP contribution in [-0.2, 0) is 6.54 Å². The van der Waals surface area contributed by atoms with Crippen LogP contribution in [0.25, 0.3) is 16.8 Å². The van der Waals surface area contributed by atoms with Gasteiger partial charge in [-0.1, -0.05) is 0 Å². The van der Waals surface area contributed by atoms with E-state index in [1.54, 1.807) is 20.0 Å². The molecule has 0 saturated carbocycles. The van der Waals surface area contributed by atoms with Gasteiger partial charge in [0.1, 0.15) is 17.2 Å². The van der Waals surface area contributed by atoms with E-state index in [9.17, 15) is 9.50 Å². The van der Waals surface area contributed by atoms with Crippen molar-refractivity contribution in [3.63, 3.8) is 0 Å². The van der Waals surface area contributed by atoms with Crippen LogP contribution in [0.5, 0.6) is 5.75 Å². The topological polar surface area (TPSA) is 88.4 Å². The van der Waals surface area contributed by atoms with Crippen molar-refractivity contribution in [1.29, 1.82) is 0 Å². The number of fused-ring (bicyclic) bond motifs is 1. The van der Waals surface area contributed by atoms with Crippen molar-refractivity contribution in [2.24, 2.45) is 10.7 Å². The average molecular weight is 454 g/mol. The van der Waals surface area contributed by atoms with E-state index in [1.165, 1.54) is 12.1 Å². The maximum absolute atomic E-state index is 14.1. The van der Waals surface area contributed by atoms with E-state index in [1.807, 2.05) is 49.9 Å². The zero-order valence-corrected chi connectivity index (χ0v) is 19.8. The van der Waals surface area contributed by atoms with Crippen molar-refractivity contribution >= 4 is 11.4 Å². The Balaban J connectivity index is 1.90. The van der Waals surface area contributed by atoms with Gasteiger partial charge in [-0.2, -0.15) is 0 Å². The maximum atomic E-state index is 14.1. The van der Waals surface area contributed by atoms with Crippen molar-refractivity contribution in [1.82, 2.24) is 14.3 Å². The lowest BCUT2D eigenvalue weighted by atomic mass is 10.0. The summed E-state index contributed by atoms with van der Waals surface area (Å²) in [4.78, 5) is 10.7. The molecule has 33 heavy (non-hydrogen) atoms. The summed E-state index contributed by atoms with van der Waals surface area (Å²) in [5.41, 5.74) is 11.5. The fourth-order valence-electron chi connectivity index (χ4n) is 3.67. The predicted octanol–water partition coefficient (Wildman–Crippen LogP) is 3.66. The van der Waals surface area contributed by atoms with Crippen LogP contribution in [0.2, 0.25) is 0 Å². The van der Waals surface area contributed by atoms with Gasteiger partial charge in [0, 0.05) is 54.8 Å². The van der Waals surface area contributed by atoms with E-state index in [0.717, 1.165) is 40.3 Å². The van der Waals surface area contributed by atoms with Crippen LogP contribution >= 0.6 is 0 Å². The number of benzene rings is 1. The van der Waals surface area contributed by atoms with Gasteiger partial charge in [0.2, 0.25) is 0 Å². The summed E-state index contributed by atoms with van der Waals surface area (Å²) in [6.07, 6.45) is 3.49. The van der Waals surface area contributed by atoms with E-state index in [0.29, 0.717) is 17.9 Å². The fraction of sp³-hybridized carbons (Fsp3) is 0.360. The quantitative estimate of drug-likeness (QED) is 0.483. The molecule has 0 bridgehead atoms. The molecule has 3 aromatic rings. The van der Waals surface area contributed by atoms with Crippen LogP contribution in [0.1, 0.15) is 26.0 Å². The lowest BCUT2D eigenvalue weighted by Crippen LogP contribution is -2.20. The molecule has 3 rings (SSSR count). The number of nitrogens with two attached hydrogens (primary N) is 1. The summed E-state index contributed by atoms with van der Waals surface area (Å²) >= 11 is 0. The molecule has 3 N–H and O–H groups in total. The maximum Gasteiger partial charge on any atom is 0.136 e. The standard InChI is InChI=1S/C25H32FN5O2/c1-16(28-3)21(25(27)17(2)32)10-11-33-23-12-19(26)7-8-22(23)18-6-9-24-29-13-20(15-30(4)5)31(24)14-18/h6-9,12-14,17,32H,10-11,15,27H2,1-5H3/b25-21-,28-16?. The van der Waals surface area contributed by atoms with Gasteiger partial charge in [-0.3, -0.25) is 4.99 Å². The Kier molecular flexibility index (Phi) is 7.84. The Bertz CT molecular complexity index is 1180. The van der Waals surface area contributed by atoms with Crippen molar-refractivity contribution in [3.05, 3.63) is 65.5 Å². The molecule has 2 heterocycles. The highest BCUT2D eigenvalue weighted by molar-refractivity contribution is 5.98. The van der Waals surface area contributed by atoms with Gasteiger partial charge in [0.05, 0.1) is 24.6 Å². The lowest BCUT2D eigenvalue weighted by molar-refractivity contribution is 0.228. The monoisotopic (exact) mass is 453 g/mol. The third kappa shape index (κ3) is 5.77. The van der Waals surface area contributed by atoms with Crippen molar-refractivity contribution in [2.45, 2.75) is 32.9 Å². The molecule has 1 atom stereocenters. The van der Waals surface area contributed by atoms with Gasteiger partial charge in [-0.15, -0.1) is 0 Å². The third-order valence-corrected chi connectivity index (χ3v) is 5.50. The minimum atomic E-state index is -0.792. The van der Waals surface area contributed by atoms with E-state index < -0.39 is 6.10 Å². The molecule has 0 saturated heterocycles. The average Bonchev–Trinajstić information content (AvgIpc) is 3.17. The third-order valence-electron chi connectivity index (χ3n) is 5.50. The smallest absolute Gasteiger partial charge is 0.136 e. The molecular weight excluding hydrogens is 421 g/mol. The number of rotatable bonds is 9. The number of aromatic nitrogens is 2. The zero-order valence-electron chi connectivity index (χ0n) is 19.8. The molecule has 0 fully saturated rings. The van der Waals surface area contributed by atoms with Crippen LogP contribution in [0.3, 0.4) is 0 Å². The number of hydrogen-bond donors (Lipinski definition) is 2. The molecule has 1 unspecified atom stereocenters. The SMILES string of the molecule is CN=C(C)/C(CCOc1cc(F)ccc1-c1ccc2ncc(CN(C)C)n2c1)=C(\N)C(C)O. The number of nitrogens with zero attached hydrogens (tertiary/aromatic N) is 4. The van der Waals surface area contributed by atoms with E-state index >= 15 is 0 Å². The first-order chi connectivity index (χ1) is 15.7. The van der Waals surface area contributed by atoms with Crippen molar-refractivity contribution in [2.75, 3.05) is 27.7 Å². The molecule has 0 aliphatic rings. The molecule has 7 nitrogen and oxygen atoms in total. The highest BCUT2D eigenvalue weighted by Gasteiger charge is 2.14. The second kappa shape index (κ2) is 10.6. The second-order valence-electron chi connectivity index (χ2n) is 8.29. The summed E-state index contributed by atoms with van der Waals surface area (Å²) in [5.74, 6) is 0.0565. The Morgan fingerprint density at radius 1 is 1.30 bits per heavy atom. The molecule has 0 aliphatic carbocycles. The molecular formula is C25H32FN5O2. The summed E-state index contributed by atoms with van der Waals surface area (Å²) in [7, 11) is 5.69. The van der Waals surface area contributed by atoms with E-state index in [-0.39, 0.29) is 12.4 Å². The van der Waals surface area contributed by atoms with Gasteiger partial charge in [0.15, 0.2) is 0 Å². The van der Waals surface area contributed by atoms with Gasteiger partial charge in [-0.25, -0.2) is 9.37 Å². The van der Waals surface area contributed by atoms with Crippen LogP contribution < -0.4 is 10.5 Å². The number of aliphatic hydroxyl groups excluding tert-OH is 1. The molecule has 0 aliphatic heterocycles. The van der Waals surface area contributed by atoms with Crippen LogP contribution in [0.15, 0.2) is 59.0 Å². The Labute approximate surface area is 194 Å². The predicted molar refractivity (Wildman–Crippen MR) is 130 cm³/mol. The van der Waals surface area contributed by atoms with Gasteiger partial charge < -0.3 is 24.9 Å². The molecule has 8 heteroatoms. The lowest BCUT2D eigenvalue weighted by Gasteiger charge is -2.16.